The van der Waals surface area contributed by atoms with Crippen LogP contribution in [-0.4, -0.2) is 27.4 Å². The lowest BCUT2D eigenvalue weighted by molar-refractivity contribution is 0.100. The number of anilines is 2. The number of nitrogens with one attached hydrogen (secondary N) is 2. The molecular weight excluding hydrogens is 380 g/mol. The van der Waals surface area contributed by atoms with Gasteiger partial charge in [-0.2, -0.15) is 5.10 Å². The van der Waals surface area contributed by atoms with Gasteiger partial charge in [-0.1, -0.05) is 35.9 Å². The highest BCUT2D eigenvalue weighted by atomic mass is 35.5. The fraction of sp³-hybridized carbons (Fsp3) is 0.100. The zero-order chi connectivity index (χ0) is 20.3. The molecule has 3 rings (SSSR count). The number of amides is 2. The lowest BCUT2D eigenvalue weighted by Crippen LogP contribution is -2.14. The summed E-state index contributed by atoms with van der Waals surface area (Å²) in [5.41, 5.74) is 1.40. The molecule has 0 spiro atoms. The van der Waals surface area contributed by atoms with Gasteiger partial charge in [-0.25, -0.2) is 0 Å². The summed E-state index contributed by atoms with van der Waals surface area (Å²) in [6.45, 7) is 1.45. The van der Waals surface area contributed by atoms with Gasteiger partial charge in [0, 0.05) is 24.4 Å². The van der Waals surface area contributed by atoms with E-state index in [1.165, 1.54) is 17.7 Å². The van der Waals surface area contributed by atoms with Crippen LogP contribution in [0.4, 0.5) is 11.5 Å². The second kappa shape index (κ2) is 8.06. The van der Waals surface area contributed by atoms with Crippen LogP contribution in [0.15, 0.2) is 54.6 Å². The third-order valence-electron chi connectivity index (χ3n) is 4.00. The second-order valence-corrected chi connectivity index (χ2v) is 6.47. The van der Waals surface area contributed by atoms with Gasteiger partial charge in [-0.05, 0) is 31.2 Å². The third kappa shape index (κ3) is 4.27. The van der Waals surface area contributed by atoms with Crippen molar-refractivity contribution in [3.05, 3.63) is 76.4 Å². The maximum atomic E-state index is 12.5. The van der Waals surface area contributed by atoms with E-state index in [4.69, 9.17) is 11.6 Å². The monoisotopic (exact) mass is 396 g/mol. The van der Waals surface area contributed by atoms with Gasteiger partial charge < -0.3 is 10.6 Å². The first-order valence-corrected chi connectivity index (χ1v) is 8.75. The van der Waals surface area contributed by atoms with Crippen molar-refractivity contribution in [2.45, 2.75) is 6.92 Å². The molecule has 0 unspecified atom stereocenters. The predicted octanol–water partition coefficient (Wildman–Crippen LogP) is 3.78. The number of carbonyl (C=O) groups excluding carboxylic acids is 3. The van der Waals surface area contributed by atoms with E-state index >= 15 is 0 Å². The van der Waals surface area contributed by atoms with E-state index in [0.29, 0.717) is 27.7 Å². The molecule has 2 amide bonds. The van der Waals surface area contributed by atoms with Gasteiger partial charge in [-0.3, -0.25) is 19.1 Å². The highest BCUT2D eigenvalue weighted by Crippen LogP contribution is 2.18. The van der Waals surface area contributed by atoms with Crippen LogP contribution in [0.1, 0.15) is 38.1 Å². The summed E-state index contributed by atoms with van der Waals surface area (Å²) < 4.78 is 1.38. The normalized spacial score (nSPS) is 10.4. The minimum absolute atomic E-state index is 0.0986. The lowest BCUT2D eigenvalue weighted by Gasteiger charge is -2.06. The number of halogens is 1. The number of aryl methyl sites for hydroxylation is 1. The van der Waals surface area contributed by atoms with Crippen LogP contribution in [0, 0.1) is 0 Å². The van der Waals surface area contributed by atoms with E-state index in [9.17, 15) is 14.4 Å². The summed E-state index contributed by atoms with van der Waals surface area (Å²) >= 11 is 6.03. The Bertz CT molecular complexity index is 1070. The smallest absolute Gasteiger partial charge is 0.276 e. The molecule has 0 aliphatic heterocycles. The number of nitrogens with zero attached hydrogens (tertiary/aromatic N) is 2. The minimum atomic E-state index is -0.463. The van der Waals surface area contributed by atoms with E-state index in [1.54, 1.807) is 55.6 Å². The molecule has 1 heterocycles. The largest absolute Gasteiger partial charge is 0.321 e. The van der Waals surface area contributed by atoms with Crippen molar-refractivity contribution in [1.29, 1.82) is 0 Å². The second-order valence-electron chi connectivity index (χ2n) is 6.06. The molecule has 0 fully saturated rings. The Hall–Kier alpha value is -3.45. The first-order valence-electron chi connectivity index (χ1n) is 8.37. The molecule has 0 saturated carbocycles. The van der Waals surface area contributed by atoms with Gasteiger partial charge in [-0.15, -0.1) is 0 Å². The Kier molecular flexibility index (Phi) is 5.56. The number of Topliss-reactive ketones (excluding diaryl/α,β-unsaturated/α-hetero) is 1. The SMILES string of the molecule is CC(=O)c1cccc(NC(=O)c2cc(NC(=O)c3ccccc3Cl)n(C)n2)c1. The maximum Gasteiger partial charge on any atom is 0.276 e. The first-order chi connectivity index (χ1) is 13.3. The van der Waals surface area contributed by atoms with Crippen LogP contribution in [0.5, 0.6) is 0 Å². The molecule has 28 heavy (non-hydrogen) atoms. The summed E-state index contributed by atoms with van der Waals surface area (Å²) in [6, 6.07) is 14.7. The number of carbonyl (C=O) groups is 3. The molecule has 7 nitrogen and oxygen atoms in total. The van der Waals surface area contributed by atoms with E-state index in [0.717, 1.165) is 0 Å². The van der Waals surface area contributed by atoms with E-state index in [2.05, 4.69) is 15.7 Å². The fourth-order valence-electron chi connectivity index (χ4n) is 2.54. The first kappa shape index (κ1) is 19.3. The molecule has 142 valence electrons. The summed E-state index contributed by atoms with van der Waals surface area (Å²) in [5, 5.41) is 9.82. The average molecular weight is 397 g/mol. The summed E-state index contributed by atoms with van der Waals surface area (Å²) in [4.78, 5) is 36.3. The van der Waals surface area contributed by atoms with Crippen molar-refractivity contribution < 1.29 is 14.4 Å². The molecule has 0 aliphatic carbocycles. The van der Waals surface area contributed by atoms with Crippen molar-refractivity contribution in [2.75, 3.05) is 10.6 Å². The summed E-state index contributed by atoms with van der Waals surface area (Å²) in [7, 11) is 1.61. The molecule has 0 aliphatic rings. The molecule has 0 bridgehead atoms. The van der Waals surface area contributed by atoms with Crippen molar-refractivity contribution in [1.82, 2.24) is 9.78 Å². The molecule has 3 aromatic rings. The Labute approximate surface area is 166 Å². The zero-order valence-electron chi connectivity index (χ0n) is 15.2. The van der Waals surface area contributed by atoms with Crippen LogP contribution in [-0.2, 0) is 7.05 Å². The molecular formula is C20H17ClN4O3. The summed E-state index contributed by atoms with van der Waals surface area (Å²) in [5.74, 6) is -0.629. The van der Waals surface area contributed by atoms with Crippen LogP contribution in [0.25, 0.3) is 0 Å². The highest BCUT2D eigenvalue weighted by molar-refractivity contribution is 6.34. The van der Waals surface area contributed by atoms with E-state index < -0.39 is 11.8 Å². The number of ketones is 1. The van der Waals surface area contributed by atoms with Crippen molar-refractivity contribution in [3.8, 4) is 0 Å². The van der Waals surface area contributed by atoms with Crippen molar-refractivity contribution in [2.24, 2.45) is 7.05 Å². The van der Waals surface area contributed by atoms with Crippen LogP contribution in [0.3, 0.4) is 0 Å². The minimum Gasteiger partial charge on any atom is -0.321 e. The zero-order valence-corrected chi connectivity index (χ0v) is 15.9. The lowest BCUT2D eigenvalue weighted by atomic mass is 10.1. The van der Waals surface area contributed by atoms with E-state index in [-0.39, 0.29) is 11.5 Å². The van der Waals surface area contributed by atoms with Gasteiger partial charge in [0.15, 0.2) is 11.5 Å². The highest BCUT2D eigenvalue weighted by Gasteiger charge is 2.17. The van der Waals surface area contributed by atoms with Crippen molar-refractivity contribution >= 4 is 40.7 Å². The molecule has 1 aromatic heterocycles. The molecule has 0 radical (unpaired) electrons. The molecule has 2 N–H and O–H groups in total. The van der Waals surface area contributed by atoms with Crippen LogP contribution < -0.4 is 10.6 Å². The van der Waals surface area contributed by atoms with Gasteiger partial charge in [0.05, 0.1) is 10.6 Å². The van der Waals surface area contributed by atoms with Gasteiger partial charge in [0.2, 0.25) is 0 Å². The number of rotatable bonds is 5. The van der Waals surface area contributed by atoms with Gasteiger partial charge in [0.25, 0.3) is 11.8 Å². The standard InChI is InChI=1S/C20H17ClN4O3/c1-12(26)13-6-5-7-14(10-13)22-20(28)17-11-18(25(2)24-17)23-19(27)15-8-3-4-9-16(15)21/h3-11H,1-2H3,(H,22,28)(H,23,27). The molecule has 2 aromatic carbocycles. The quantitative estimate of drug-likeness (QED) is 0.642. The van der Waals surface area contributed by atoms with Gasteiger partial charge >= 0.3 is 0 Å². The molecule has 0 saturated heterocycles. The Balaban J connectivity index is 1.75. The number of hydrogen-bond donors (Lipinski definition) is 2. The van der Waals surface area contributed by atoms with Gasteiger partial charge in [0.1, 0.15) is 5.82 Å². The predicted molar refractivity (Wildman–Crippen MR) is 107 cm³/mol. The third-order valence-corrected chi connectivity index (χ3v) is 4.33. The van der Waals surface area contributed by atoms with E-state index in [1.807, 2.05) is 0 Å². The molecule has 0 atom stereocenters. The number of aromatic nitrogens is 2. The fourth-order valence-corrected chi connectivity index (χ4v) is 2.76. The number of benzene rings is 2. The topological polar surface area (TPSA) is 93.1 Å². The Morgan fingerprint density at radius 3 is 2.43 bits per heavy atom. The Morgan fingerprint density at radius 2 is 1.71 bits per heavy atom. The van der Waals surface area contributed by atoms with Crippen molar-refractivity contribution in [3.63, 3.8) is 0 Å². The number of hydrogen-bond acceptors (Lipinski definition) is 4. The Morgan fingerprint density at radius 1 is 0.964 bits per heavy atom. The summed E-state index contributed by atoms with van der Waals surface area (Å²) in [6.07, 6.45) is 0. The average Bonchev–Trinajstić information content (AvgIpc) is 3.03. The van der Waals surface area contributed by atoms with Crippen LogP contribution in [0.2, 0.25) is 5.02 Å². The maximum absolute atomic E-state index is 12.5. The molecule has 8 heteroatoms. The van der Waals surface area contributed by atoms with Crippen LogP contribution >= 0.6 is 11.6 Å².